The Morgan fingerprint density at radius 2 is 2.71 bits per heavy atom. The second-order valence-corrected chi connectivity index (χ2v) is 3.77. The molecule has 34 valence electrons. The predicted octanol–water partition coefficient (Wildman–Crippen LogP) is -0.556. The Morgan fingerprint density at radius 3 is 3.00 bits per heavy atom. The zero-order chi connectivity index (χ0) is 5.11. The molecule has 7 heavy (non-hydrogen) atoms. The highest BCUT2D eigenvalue weighted by Crippen LogP contribution is 1.70. The molecule has 0 unspecified atom stereocenters. The van der Waals surface area contributed by atoms with Crippen molar-refractivity contribution >= 4 is 34.9 Å². The average molecular weight is 172 g/mol. The van der Waals surface area contributed by atoms with Gasteiger partial charge in [-0.15, -0.1) is 0 Å². The van der Waals surface area contributed by atoms with Crippen LogP contribution in [0.5, 0.6) is 0 Å². The van der Waals surface area contributed by atoms with Crippen molar-refractivity contribution in [3.63, 3.8) is 0 Å². The molecule has 0 aliphatic rings. The monoisotopic (exact) mass is 171 g/mol. The maximum atomic E-state index is 3.74. The van der Waals surface area contributed by atoms with E-state index in [9.17, 15) is 0 Å². The van der Waals surface area contributed by atoms with Crippen LogP contribution in [0.15, 0.2) is 6.20 Å². The molecule has 0 radical (unpaired) electrons. The van der Waals surface area contributed by atoms with Gasteiger partial charge in [-0.1, -0.05) is 5.21 Å². The lowest BCUT2D eigenvalue weighted by Crippen LogP contribution is -2.07. The van der Waals surface area contributed by atoms with Crippen LogP contribution in [0.1, 0.15) is 0 Å². The van der Waals surface area contributed by atoms with E-state index in [0.717, 1.165) is 3.82 Å². The van der Waals surface area contributed by atoms with Gasteiger partial charge >= 0.3 is 18.2 Å². The summed E-state index contributed by atoms with van der Waals surface area (Å²) in [7, 11) is 0. The first-order chi connectivity index (χ1) is 3.43. The van der Waals surface area contributed by atoms with E-state index < -0.39 is 0 Å². The molecule has 0 spiro atoms. The molecule has 1 heterocycles. The number of rotatable bonds is 1. The SMILES string of the molecule is [Br][Mg][c]1c[nH]nn1. The summed E-state index contributed by atoms with van der Waals surface area (Å²) in [5.74, 6) is 0. The molecule has 5 heteroatoms. The van der Waals surface area contributed by atoms with Crippen LogP contribution in [-0.2, 0) is 0 Å². The van der Waals surface area contributed by atoms with Crippen LogP contribution < -0.4 is 3.82 Å². The second kappa shape index (κ2) is 2.63. The van der Waals surface area contributed by atoms with Gasteiger partial charge in [0.15, 0.2) is 0 Å². The minimum absolute atomic E-state index is 0.259. The molecule has 0 aromatic carbocycles. The molecule has 0 aliphatic heterocycles. The molecule has 1 N–H and O–H groups in total. The summed E-state index contributed by atoms with van der Waals surface area (Å²) in [6.07, 6.45) is 1.81. The lowest BCUT2D eigenvalue weighted by molar-refractivity contribution is 0.946. The molecule has 0 atom stereocenters. The maximum Gasteiger partial charge on any atom is 0.541 e. The molecule has 0 amide bonds. The molecule has 1 aromatic rings. The summed E-state index contributed by atoms with van der Waals surface area (Å²) in [5.41, 5.74) is 0. The molecule has 0 bridgehead atoms. The Kier molecular flexibility index (Phi) is 2.08. The highest BCUT2D eigenvalue weighted by molar-refractivity contribution is 9.23. The van der Waals surface area contributed by atoms with Crippen LogP contribution in [0.3, 0.4) is 0 Å². The van der Waals surface area contributed by atoms with Gasteiger partial charge in [0.1, 0.15) is 0 Å². The number of H-pyrrole nitrogens is 1. The summed E-state index contributed by atoms with van der Waals surface area (Å²) in [4.78, 5) is 0. The van der Waals surface area contributed by atoms with Crippen LogP contribution in [0.2, 0.25) is 0 Å². The second-order valence-electron chi connectivity index (χ2n) is 1.10. The first kappa shape index (κ1) is 5.52. The van der Waals surface area contributed by atoms with E-state index in [-0.39, 0.29) is 18.2 Å². The third-order valence-corrected chi connectivity index (χ3v) is 2.95. The van der Waals surface area contributed by atoms with Gasteiger partial charge in [0.2, 0.25) is 0 Å². The van der Waals surface area contributed by atoms with Crippen molar-refractivity contribution in [3.05, 3.63) is 6.20 Å². The maximum absolute atomic E-state index is 3.74. The lowest BCUT2D eigenvalue weighted by atomic mass is 10.9. The summed E-state index contributed by atoms with van der Waals surface area (Å²) in [6.45, 7) is 0. The fourth-order valence-corrected chi connectivity index (χ4v) is 1.41. The number of hydrogen-bond acceptors (Lipinski definition) is 2. The normalized spacial score (nSPS) is 8.14. The van der Waals surface area contributed by atoms with Crippen molar-refractivity contribution in [2.45, 2.75) is 0 Å². The van der Waals surface area contributed by atoms with E-state index >= 15 is 0 Å². The Balaban J connectivity index is 2.76. The summed E-state index contributed by atoms with van der Waals surface area (Å²) < 4.78 is 1.07. The smallest absolute Gasteiger partial charge is 0.293 e. The molecular formula is C2H2BrMgN3. The van der Waals surface area contributed by atoms with E-state index in [1.807, 2.05) is 0 Å². The number of nitrogens with zero attached hydrogens (tertiary/aromatic N) is 2. The van der Waals surface area contributed by atoms with Crippen molar-refractivity contribution < 1.29 is 0 Å². The fraction of sp³-hybridized carbons (Fsp3) is 0. The highest BCUT2D eigenvalue weighted by Gasteiger charge is 1.93. The number of nitrogens with one attached hydrogen (secondary N) is 1. The third-order valence-electron chi connectivity index (χ3n) is 0.604. The van der Waals surface area contributed by atoms with Gasteiger partial charge in [0.25, 0.3) is 0 Å². The van der Waals surface area contributed by atoms with Gasteiger partial charge in [-0.05, 0) is 3.82 Å². The van der Waals surface area contributed by atoms with Crippen LogP contribution in [-0.4, -0.2) is 33.6 Å². The molecule has 3 nitrogen and oxygen atoms in total. The van der Waals surface area contributed by atoms with E-state index in [1.54, 1.807) is 6.20 Å². The van der Waals surface area contributed by atoms with Gasteiger partial charge in [-0.25, -0.2) is 0 Å². The van der Waals surface area contributed by atoms with Crippen LogP contribution in [0, 0.1) is 0 Å². The van der Waals surface area contributed by atoms with E-state index in [4.69, 9.17) is 0 Å². The Morgan fingerprint density at radius 1 is 1.86 bits per heavy atom. The van der Waals surface area contributed by atoms with Crippen molar-refractivity contribution in [3.8, 4) is 0 Å². The Labute approximate surface area is 56.5 Å². The lowest BCUT2D eigenvalue weighted by Gasteiger charge is -1.69. The van der Waals surface area contributed by atoms with Crippen molar-refractivity contribution in [2.75, 3.05) is 0 Å². The minimum Gasteiger partial charge on any atom is -0.293 e. The Hall–Kier alpha value is 0.386. The van der Waals surface area contributed by atoms with E-state index in [1.165, 1.54) is 0 Å². The predicted molar refractivity (Wildman–Crippen MR) is 30.7 cm³/mol. The summed E-state index contributed by atoms with van der Waals surface area (Å²) in [6, 6.07) is 0. The van der Waals surface area contributed by atoms with Gasteiger partial charge in [-0.2, -0.15) is 5.10 Å². The van der Waals surface area contributed by atoms with Crippen molar-refractivity contribution in [1.29, 1.82) is 0 Å². The number of halogens is 1. The van der Waals surface area contributed by atoms with Crippen molar-refractivity contribution in [2.24, 2.45) is 0 Å². The van der Waals surface area contributed by atoms with E-state index in [0.29, 0.717) is 0 Å². The van der Waals surface area contributed by atoms with Crippen LogP contribution in [0.25, 0.3) is 0 Å². The van der Waals surface area contributed by atoms with Gasteiger partial charge in [0.05, 0.1) is 0 Å². The van der Waals surface area contributed by atoms with Gasteiger partial charge < -0.3 is 0 Å². The van der Waals surface area contributed by atoms with Gasteiger partial charge in [-0.3, -0.25) is 18.0 Å². The zero-order valence-electron chi connectivity index (χ0n) is 3.56. The summed E-state index contributed by atoms with van der Waals surface area (Å²) >= 11 is 3.09. The van der Waals surface area contributed by atoms with Gasteiger partial charge in [0, 0.05) is 6.20 Å². The topological polar surface area (TPSA) is 41.6 Å². The largest absolute Gasteiger partial charge is 0.541 e. The average Bonchev–Trinajstić information content (AvgIpc) is 2.14. The standard InChI is InChI=1S/C2H2N3.BrH.Mg/c1-2-4-5-3-1;;/h1H,(H,3,4,5);1H;/q;;+1/p-1. The first-order valence-corrected chi connectivity index (χ1v) is 6.45. The highest BCUT2D eigenvalue weighted by atomic mass is 79.9. The molecule has 0 saturated heterocycles. The summed E-state index contributed by atoms with van der Waals surface area (Å²) in [5, 5.41) is 9.89. The van der Waals surface area contributed by atoms with Crippen LogP contribution in [0.4, 0.5) is 0 Å². The first-order valence-electron chi connectivity index (χ1n) is 1.85. The zero-order valence-corrected chi connectivity index (χ0v) is 6.56. The molecule has 0 aliphatic carbocycles. The number of aromatic nitrogens is 3. The number of aromatic amines is 1. The minimum atomic E-state index is -0.259. The molecule has 0 saturated carbocycles. The molecule has 1 aromatic heterocycles. The van der Waals surface area contributed by atoms with Crippen molar-refractivity contribution in [1.82, 2.24) is 15.4 Å². The number of hydrogen-bond donors (Lipinski definition) is 1. The van der Waals surface area contributed by atoms with Crippen LogP contribution >= 0.6 is 12.9 Å². The molecular weight excluding hydrogens is 170 g/mol. The molecule has 0 fully saturated rings. The Bertz CT molecular complexity index is 127. The fourth-order valence-electron chi connectivity index (χ4n) is 0.291. The van der Waals surface area contributed by atoms with E-state index in [2.05, 4.69) is 28.3 Å². The quantitative estimate of drug-likeness (QED) is 0.577. The third kappa shape index (κ3) is 1.39. The molecule has 1 rings (SSSR count).